The lowest BCUT2D eigenvalue weighted by atomic mass is 10.0. The van der Waals surface area contributed by atoms with Crippen molar-refractivity contribution in [2.24, 2.45) is 11.5 Å². The summed E-state index contributed by atoms with van der Waals surface area (Å²) in [5.41, 5.74) is 9.82. The molecule has 6 N–H and O–H groups in total. The number of amides is 2. The first-order chi connectivity index (χ1) is 16.8. The fourth-order valence-corrected chi connectivity index (χ4v) is 3.06. The number of carbonyl (C=O) groups is 4. The van der Waals surface area contributed by atoms with E-state index in [0.717, 1.165) is 37.0 Å². The van der Waals surface area contributed by atoms with E-state index in [4.69, 9.17) is 24.4 Å². The van der Waals surface area contributed by atoms with Crippen LogP contribution in [-0.2, 0) is 20.7 Å². The van der Waals surface area contributed by atoms with Crippen molar-refractivity contribution in [2.45, 2.75) is 45.6 Å². The number of hydrogen-bond acceptors (Lipinski definition) is 10. The Balaban J connectivity index is 0.00000104. The minimum Gasteiger partial charge on any atom is -0.483 e. The highest BCUT2D eigenvalue weighted by atomic mass is 32.2. The van der Waals surface area contributed by atoms with Crippen molar-refractivity contribution >= 4 is 36.3 Å². The van der Waals surface area contributed by atoms with Gasteiger partial charge < -0.3 is 35.9 Å². The van der Waals surface area contributed by atoms with Gasteiger partial charge in [0.1, 0.15) is 5.60 Å². The largest absolute Gasteiger partial charge is 0.483 e. The average molecular weight is 533 g/mol. The number of hydrogen-bond donors (Lipinski definition) is 4. The minimum absolute atomic E-state index is 0.278. The molecular weight excluding hydrogens is 496 g/mol. The lowest BCUT2D eigenvalue weighted by molar-refractivity contribution is -0.136. The zero-order valence-corrected chi connectivity index (χ0v) is 22.0. The number of benzene rings is 1. The molecule has 1 aliphatic rings. The summed E-state index contributed by atoms with van der Waals surface area (Å²) >= 11 is 0.903. The molecule has 1 aliphatic heterocycles. The third-order valence-electron chi connectivity index (χ3n) is 4.08. The number of carbonyl (C=O) groups excluding carboxylic acids is 2. The van der Waals surface area contributed by atoms with Crippen LogP contribution in [0, 0.1) is 0 Å². The molecule has 0 unspecified atom stereocenters. The molecule has 1 aromatic carbocycles. The Labute approximate surface area is 214 Å². The number of carboxylic acid groups (broad SMARTS) is 2. The van der Waals surface area contributed by atoms with E-state index in [0.29, 0.717) is 18.1 Å². The normalized spacial score (nSPS) is 12.3. The molecule has 1 aromatic rings. The number of aliphatic carboxylic acids is 2. The predicted octanol–water partition coefficient (Wildman–Crippen LogP) is 2.32. The van der Waals surface area contributed by atoms with Crippen LogP contribution in [0.1, 0.15) is 39.2 Å². The van der Waals surface area contributed by atoms with E-state index in [2.05, 4.69) is 11.5 Å². The Morgan fingerprint density at radius 3 is 2.08 bits per heavy atom. The topological polar surface area (TPSA) is 195 Å². The van der Waals surface area contributed by atoms with E-state index in [1.165, 1.54) is 22.7 Å². The molecule has 1 heterocycles. The smallest absolute Gasteiger partial charge is 0.426 e. The van der Waals surface area contributed by atoms with E-state index in [-0.39, 0.29) is 18.7 Å². The molecule has 0 fully saturated rings. The number of fused-ring (bicyclic) bond motifs is 1. The number of nitrogens with two attached hydrogens (primary N) is 2. The average Bonchev–Trinajstić information content (AvgIpc) is 3.14. The first kappa shape index (κ1) is 32.8. The summed E-state index contributed by atoms with van der Waals surface area (Å²) < 4.78 is 18.9. The molecule has 0 spiro atoms. The van der Waals surface area contributed by atoms with Gasteiger partial charge in [0.15, 0.2) is 11.5 Å². The van der Waals surface area contributed by atoms with Gasteiger partial charge in [-0.1, -0.05) is 25.5 Å². The van der Waals surface area contributed by atoms with Crippen LogP contribution in [0.15, 0.2) is 18.2 Å². The molecule has 14 heteroatoms. The highest BCUT2D eigenvalue weighted by molar-refractivity contribution is 7.95. The Morgan fingerprint density at radius 2 is 1.58 bits per heavy atom. The number of ether oxygens (including phenoxy) is 3. The fourth-order valence-electron chi connectivity index (χ4n) is 2.47. The molecule has 0 atom stereocenters. The molecule has 2 rings (SSSR count). The molecule has 0 bridgehead atoms. The summed E-state index contributed by atoms with van der Waals surface area (Å²) in [6.07, 6.45) is 1.39. The zero-order chi connectivity index (χ0) is 27.9. The van der Waals surface area contributed by atoms with Gasteiger partial charge >= 0.3 is 24.1 Å². The maximum absolute atomic E-state index is 12.3. The molecular formula is C22H36N4O9S. The molecule has 0 saturated carbocycles. The van der Waals surface area contributed by atoms with E-state index in [1.54, 1.807) is 6.07 Å². The second-order valence-electron chi connectivity index (χ2n) is 7.89. The predicted molar refractivity (Wildman–Crippen MR) is 134 cm³/mol. The number of nitrogens with zero attached hydrogens (tertiary/aromatic N) is 2. The third kappa shape index (κ3) is 13.0. The van der Waals surface area contributed by atoms with Crippen molar-refractivity contribution in [3.63, 3.8) is 0 Å². The maximum atomic E-state index is 12.3. The van der Waals surface area contributed by atoms with Crippen LogP contribution >= 0.6 is 12.1 Å². The van der Waals surface area contributed by atoms with Crippen LogP contribution in [0.3, 0.4) is 0 Å². The van der Waals surface area contributed by atoms with Gasteiger partial charge in [-0.15, -0.1) is 0 Å². The lowest BCUT2D eigenvalue weighted by Crippen LogP contribution is -2.31. The number of carboxylic acids is 2. The van der Waals surface area contributed by atoms with Crippen LogP contribution in [0.2, 0.25) is 0 Å². The molecule has 2 amide bonds. The van der Waals surface area contributed by atoms with Gasteiger partial charge in [0, 0.05) is 26.1 Å². The van der Waals surface area contributed by atoms with Crippen molar-refractivity contribution in [1.29, 1.82) is 0 Å². The van der Waals surface area contributed by atoms with Crippen LogP contribution < -0.4 is 20.9 Å². The highest BCUT2D eigenvalue weighted by Crippen LogP contribution is 2.42. The van der Waals surface area contributed by atoms with Crippen LogP contribution in [0.5, 0.6) is 11.5 Å². The third-order valence-corrected chi connectivity index (χ3v) is 4.87. The maximum Gasteiger partial charge on any atom is 0.426 e. The fraction of sp³-hybridized carbons (Fsp3) is 0.545. The first-order valence-corrected chi connectivity index (χ1v) is 11.7. The minimum atomic E-state index is -0.968. The summed E-state index contributed by atoms with van der Waals surface area (Å²) in [6, 6.07) is 5.48. The van der Waals surface area contributed by atoms with Crippen LogP contribution in [-0.4, -0.2) is 82.3 Å². The molecule has 0 aliphatic carbocycles. The first-order valence-electron chi connectivity index (χ1n) is 11.0. The van der Waals surface area contributed by atoms with Gasteiger partial charge in [0.2, 0.25) is 0 Å². The van der Waals surface area contributed by atoms with Crippen molar-refractivity contribution in [3.05, 3.63) is 23.8 Å². The Kier molecular flexibility index (Phi) is 15.0. The summed E-state index contributed by atoms with van der Waals surface area (Å²) in [5, 5.41) is 15.2. The quantitative estimate of drug-likeness (QED) is 0.282. The van der Waals surface area contributed by atoms with Crippen molar-refractivity contribution in [3.8, 4) is 11.5 Å². The van der Waals surface area contributed by atoms with E-state index in [1.807, 2.05) is 32.9 Å². The molecule has 0 aromatic heterocycles. The van der Waals surface area contributed by atoms with Crippen molar-refractivity contribution in [2.75, 3.05) is 33.8 Å². The summed E-state index contributed by atoms with van der Waals surface area (Å²) in [6.45, 7) is 5.79. The number of para-hydroxylation sites is 1. The van der Waals surface area contributed by atoms with Crippen molar-refractivity contribution in [1.82, 2.24) is 8.61 Å². The molecule has 36 heavy (non-hydrogen) atoms. The highest BCUT2D eigenvalue weighted by Gasteiger charge is 2.33. The van der Waals surface area contributed by atoms with Crippen LogP contribution in [0.4, 0.5) is 9.59 Å². The van der Waals surface area contributed by atoms with Crippen LogP contribution in [0.25, 0.3) is 0 Å². The summed E-state index contributed by atoms with van der Waals surface area (Å²) in [4.78, 5) is 42.7. The Hall–Kier alpha value is -3.23. The van der Waals surface area contributed by atoms with E-state index in [9.17, 15) is 19.2 Å². The SMILES string of the molecule is CCCCOC(=O)N(C)SN(C)C(=O)Oc1cccc2c1OC(C)(C)C2.NCC(=O)O.NCC(=O)O. The zero-order valence-electron chi connectivity index (χ0n) is 21.2. The summed E-state index contributed by atoms with van der Waals surface area (Å²) in [5.74, 6) is -0.967. The monoisotopic (exact) mass is 532 g/mol. The lowest BCUT2D eigenvalue weighted by Gasteiger charge is -2.22. The van der Waals surface area contributed by atoms with Gasteiger partial charge in [-0.3, -0.25) is 9.59 Å². The van der Waals surface area contributed by atoms with Gasteiger partial charge in [0.05, 0.1) is 31.8 Å². The number of rotatable bonds is 8. The van der Waals surface area contributed by atoms with Gasteiger partial charge in [-0.25, -0.2) is 18.2 Å². The molecule has 204 valence electrons. The second-order valence-corrected chi connectivity index (χ2v) is 9.15. The van der Waals surface area contributed by atoms with E-state index >= 15 is 0 Å². The van der Waals surface area contributed by atoms with Crippen molar-refractivity contribution < 1.29 is 43.6 Å². The molecule has 13 nitrogen and oxygen atoms in total. The molecule has 0 saturated heterocycles. The number of unbranched alkanes of at least 4 members (excludes halogenated alkanes) is 1. The Bertz CT molecular complexity index is 869. The summed E-state index contributed by atoms with van der Waals surface area (Å²) in [7, 11) is 3.06. The van der Waals surface area contributed by atoms with Gasteiger partial charge in [-0.05, 0) is 26.3 Å². The standard InChI is InChI=1S/C18H26N2O5S.2C2H5NO2/c1-6-7-11-23-16(21)19(4)26-20(5)17(22)24-14-10-8-9-13-12-18(2,3)25-15(13)14;2*3-1-2(4)5/h8-10H,6-7,11-12H2,1-5H3;2*1,3H2,(H,4,5). The molecule has 0 radical (unpaired) electrons. The Morgan fingerprint density at radius 1 is 1.06 bits per heavy atom. The van der Waals surface area contributed by atoms with Gasteiger partial charge in [0.25, 0.3) is 0 Å². The second kappa shape index (κ2) is 16.4. The van der Waals surface area contributed by atoms with E-state index < -0.39 is 24.1 Å². The van der Waals surface area contributed by atoms with Gasteiger partial charge in [-0.2, -0.15) is 0 Å².